The summed E-state index contributed by atoms with van der Waals surface area (Å²) in [6, 6.07) is 10.3. The smallest absolute Gasteiger partial charge is 0.250 e. The van der Waals surface area contributed by atoms with Crippen LogP contribution in [0.25, 0.3) is 0 Å². The molecular weight excluding hydrogens is 454 g/mol. The molecule has 1 aromatic carbocycles. The van der Waals surface area contributed by atoms with Crippen LogP contribution >= 0.6 is 0 Å². The number of carbonyl (C=O) groups excluding carboxylic acids is 3. The zero-order valence-electron chi connectivity index (χ0n) is 21.9. The van der Waals surface area contributed by atoms with E-state index >= 15 is 0 Å². The Labute approximate surface area is 215 Å². The Balaban J connectivity index is 1.30. The van der Waals surface area contributed by atoms with Crippen LogP contribution in [0.3, 0.4) is 0 Å². The molecule has 1 aromatic rings. The molecule has 0 aromatic heterocycles. The van der Waals surface area contributed by atoms with Crippen molar-refractivity contribution in [3.8, 4) is 0 Å². The maximum atomic E-state index is 14.0. The predicted octanol–water partition coefficient (Wildman–Crippen LogP) is 2.40. The SMILES string of the molecule is CN1CCC(N(C)C(=O)CN2CN(c3ccccc3)C3(CCN(C(=O)C4CCCC4)CC3)C2=O)CC1. The summed E-state index contributed by atoms with van der Waals surface area (Å²) in [5.74, 6) is 0.472. The summed E-state index contributed by atoms with van der Waals surface area (Å²) in [6.07, 6.45) is 7.43. The number of likely N-dealkylation sites (tertiary alicyclic amines) is 2. The van der Waals surface area contributed by atoms with Gasteiger partial charge in [-0.3, -0.25) is 14.4 Å². The van der Waals surface area contributed by atoms with Gasteiger partial charge in [-0.25, -0.2) is 0 Å². The molecule has 4 aliphatic rings. The summed E-state index contributed by atoms with van der Waals surface area (Å²) in [4.78, 5) is 50.4. The van der Waals surface area contributed by atoms with Crippen molar-refractivity contribution in [3.63, 3.8) is 0 Å². The molecule has 4 fully saturated rings. The lowest BCUT2D eigenvalue weighted by atomic mass is 9.85. The third-order valence-corrected chi connectivity index (χ3v) is 9.14. The van der Waals surface area contributed by atoms with Crippen LogP contribution in [-0.4, -0.2) is 102 Å². The van der Waals surface area contributed by atoms with Crippen LogP contribution in [0.4, 0.5) is 5.69 Å². The van der Waals surface area contributed by atoms with Gasteiger partial charge >= 0.3 is 0 Å². The Bertz CT molecular complexity index is 947. The van der Waals surface area contributed by atoms with Crippen molar-refractivity contribution < 1.29 is 14.4 Å². The molecule has 8 heteroatoms. The number of nitrogens with zero attached hydrogens (tertiary/aromatic N) is 5. The molecule has 3 saturated heterocycles. The first-order valence-corrected chi connectivity index (χ1v) is 13.7. The second-order valence-corrected chi connectivity index (χ2v) is 11.3. The van der Waals surface area contributed by atoms with E-state index in [1.54, 1.807) is 4.90 Å². The fourth-order valence-electron chi connectivity index (χ4n) is 6.71. The van der Waals surface area contributed by atoms with E-state index in [2.05, 4.69) is 16.8 Å². The van der Waals surface area contributed by atoms with Gasteiger partial charge in [0.25, 0.3) is 5.91 Å². The average Bonchev–Trinajstić information content (AvgIpc) is 3.53. The molecule has 196 valence electrons. The number of piperidine rings is 2. The highest BCUT2D eigenvalue weighted by Crippen LogP contribution is 2.40. The largest absolute Gasteiger partial charge is 0.342 e. The molecule has 3 aliphatic heterocycles. The van der Waals surface area contributed by atoms with Crippen molar-refractivity contribution in [2.75, 3.05) is 58.4 Å². The number of likely N-dealkylation sites (N-methyl/N-ethyl adjacent to an activating group) is 1. The quantitative estimate of drug-likeness (QED) is 0.628. The first-order valence-electron chi connectivity index (χ1n) is 13.7. The number of para-hydroxylation sites is 1. The fraction of sp³-hybridized carbons (Fsp3) is 0.679. The van der Waals surface area contributed by atoms with Crippen molar-refractivity contribution in [3.05, 3.63) is 30.3 Å². The van der Waals surface area contributed by atoms with E-state index in [1.807, 2.05) is 47.2 Å². The second kappa shape index (κ2) is 10.4. The summed E-state index contributed by atoms with van der Waals surface area (Å²) in [7, 11) is 4.00. The first-order chi connectivity index (χ1) is 17.4. The minimum Gasteiger partial charge on any atom is -0.342 e. The Morgan fingerprint density at radius 3 is 2.25 bits per heavy atom. The number of rotatable bonds is 5. The lowest BCUT2D eigenvalue weighted by molar-refractivity contribution is -0.143. The molecule has 1 aliphatic carbocycles. The summed E-state index contributed by atoms with van der Waals surface area (Å²) in [5, 5.41) is 0. The first kappa shape index (κ1) is 25.1. The normalized spacial score (nSPS) is 23.6. The number of hydrogen-bond donors (Lipinski definition) is 0. The van der Waals surface area contributed by atoms with E-state index < -0.39 is 5.54 Å². The standard InChI is InChI=1S/C28H41N5O3/c1-29-16-12-23(13-17-29)30(2)25(34)20-32-21-33(24-10-4-3-5-11-24)28(27(32)36)14-18-31(19-15-28)26(35)22-8-6-7-9-22/h3-5,10-11,22-23H,6-9,12-21H2,1-2H3. The third kappa shape index (κ3) is 4.72. The van der Waals surface area contributed by atoms with Gasteiger partial charge in [0.2, 0.25) is 11.8 Å². The Hall–Kier alpha value is -2.61. The molecule has 1 saturated carbocycles. The topological polar surface area (TPSA) is 67.4 Å². The van der Waals surface area contributed by atoms with Crippen LogP contribution in [0.5, 0.6) is 0 Å². The monoisotopic (exact) mass is 495 g/mol. The zero-order valence-corrected chi connectivity index (χ0v) is 21.9. The van der Waals surface area contributed by atoms with Crippen LogP contribution in [0.15, 0.2) is 30.3 Å². The van der Waals surface area contributed by atoms with Crippen molar-refractivity contribution in [2.24, 2.45) is 5.92 Å². The van der Waals surface area contributed by atoms with Gasteiger partial charge in [-0.2, -0.15) is 0 Å². The molecule has 5 rings (SSSR count). The van der Waals surface area contributed by atoms with Gasteiger partial charge in [-0.15, -0.1) is 0 Å². The van der Waals surface area contributed by atoms with Gasteiger partial charge in [-0.05, 0) is 70.8 Å². The van der Waals surface area contributed by atoms with Crippen LogP contribution in [0.2, 0.25) is 0 Å². The fourth-order valence-corrected chi connectivity index (χ4v) is 6.71. The Morgan fingerprint density at radius 1 is 0.972 bits per heavy atom. The number of benzene rings is 1. The minimum atomic E-state index is -0.694. The van der Waals surface area contributed by atoms with E-state index in [0.717, 1.165) is 57.3 Å². The number of carbonyl (C=O) groups is 3. The van der Waals surface area contributed by atoms with Crippen LogP contribution in [-0.2, 0) is 14.4 Å². The lowest BCUT2D eigenvalue weighted by Crippen LogP contribution is -2.58. The molecular formula is C28H41N5O3. The van der Waals surface area contributed by atoms with Gasteiger partial charge in [-0.1, -0.05) is 31.0 Å². The predicted molar refractivity (Wildman–Crippen MR) is 139 cm³/mol. The maximum Gasteiger partial charge on any atom is 0.250 e. The lowest BCUT2D eigenvalue weighted by Gasteiger charge is -2.43. The number of amides is 3. The van der Waals surface area contributed by atoms with Gasteiger partial charge in [0.1, 0.15) is 12.1 Å². The molecule has 0 atom stereocenters. The van der Waals surface area contributed by atoms with Crippen LogP contribution < -0.4 is 4.90 Å². The summed E-state index contributed by atoms with van der Waals surface area (Å²) >= 11 is 0. The molecule has 0 N–H and O–H groups in total. The molecule has 1 spiro atoms. The van der Waals surface area contributed by atoms with Crippen LogP contribution in [0, 0.1) is 5.92 Å². The van der Waals surface area contributed by atoms with E-state index in [1.165, 1.54) is 0 Å². The third-order valence-electron chi connectivity index (χ3n) is 9.14. The minimum absolute atomic E-state index is 0.0109. The number of hydrogen-bond acceptors (Lipinski definition) is 5. The van der Waals surface area contributed by atoms with Gasteiger partial charge in [0.05, 0.1) is 6.67 Å². The highest BCUT2D eigenvalue weighted by Gasteiger charge is 2.54. The second-order valence-electron chi connectivity index (χ2n) is 11.3. The average molecular weight is 496 g/mol. The molecule has 0 unspecified atom stereocenters. The van der Waals surface area contributed by atoms with Crippen molar-refractivity contribution >= 4 is 23.4 Å². The zero-order chi connectivity index (χ0) is 25.3. The van der Waals surface area contributed by atoms with Crippen LogP contribution in [0.1, 0.15) is 51.4 Å². The highest BCUT2D eigenvalue weighted by atomic mass is 16.2. The van der Waals surface area contributed by atoms with Gasteiger partial charge in [0, 0.05) is 37.8 Å². The molecule has 0 radical (unpaired) electrons. The van der Waals surface area contributed by atoms with Gasteiger partial charge in [0.15, 0.2) is 0 Å². The molecule has 3 amide bonds. The maximum absolute atomic E-state index is 14.0. The van der Waals surface area contributed by atoms with Gasteiger partial charge < -0.3 is 24.5 Å². The molecule has 8 nitrogen and oxygen atoms in total. The Kier molecular flexibility index (Phi) is 7.24. The van der Waals surface area contributed by atoms with Crippen molar-refractivity contribution in [2.45, 2.75) is 62.9 Å². The van der Waals surface area contributed by atoms with E-state index in [0.29, 0.717) is 32.6 Å². The van der Waals surface area contributed by atoms with E-state index in [9.17, 15) is 14.4 Å². The summed E-state index contributed by atoms with van der Waals surface area (Å²) < 4.78 is 0. The molecule has 0 bridgehead atoms. The Morgan fingerprint density at radius 2 is 1.61 bits per heavy atom. The van der Waals surface area contributed by atoms with E-state index in [-0.39, 0.29) is 36.2 Å². The van der Waals surface area contributed by atoms with Crippen molar-refractivity contribution in [1.82, 2.24) is 19.6 Å². The summed E-state index contributed by atoms with van der Waals surface area (Å²) in [6.45, 7) is 3.70. The molecule has 3 heterocycles. The summed E-state index contributed by atoms with van der Waals surface area (Å²) in [5.41, 5.74) is 0.306. The van der Waals surface area contributed by atoms with E-state index in [4.69, 9.17) is 0 Å². The molecule has 36 heavy (non-hydrogen) atoms. The van der Waals surface area contributed by atoms with Crippen molar-refractivity contribution in [1.29, 1.82) is 0 Å². The number of anilines is 1. The highest BCUT2D eigenvalue weighted by molar-refractivity contribution is 5.96.